The zero-order valence-corrected chi connectivity index (χ0v) is 17.2. The first-order valence-corrected chi connectivity index (χ1v) is 10.8. The molecule has 158 valence electrons. The molecule has 2 aromatic carbocycles. The number of hydrogen-bond acceptors (Lipinski definition) is 2. The van der Waals surface area contributed by atoms with Gasteiger partial charge >= 0.3 is 0 Å². The van der Waals surface area contributed by atoms with Gasteiger partial charge in [0.2, 0.25) is 0 Å². The summed E-state index contributed by atoms with van der Waals surface area (Å²) in [7, 11) is 0. The fourth-order valence-electron chi connectivity index (χ4n) is 4.63. The number of aromatic amines is 1. The summed E-state index contributed by atoms with van der Waals surface area (Å²) in [5, 5.41) is 4.22. The zero-order chi connectivity index (χ0) is 21.4. The lowest BCUT2D eigenvalue weighted by atomic mass is 10.0. The van der Waals surface area contributed by atoms with Crippen LogP contribution in [0.5, 0.6) is 0 Å². The number of carbonyl (C=O) groups is 2. The quantitative estimate of drug-likeness (QED) is 0.663. The predicted molar refractivity (Wildman–Crippen MR) is 118 cm³/mol. The molecule has 1 aliphatic carbocycles. The van der Waals surface area contributed by atoms with E-state index in [4.69, 9.17) is 0 Å². The molecule has 0 atom stereocenters. The van der Waals surface area contributed by atoms with Crippen LogP contribution in [-0.4, -0.2) is 34.3 Å². The van der Waals surface area contributed by atoms with Crippen LogP contribution in [0.1, 0.15) is 47.3 Å². The van der Waals surface area contributed by atoms with Crippen molar-refractivity contribution in [3.63, 3.8) is 0 Å². The zero-order valence-electron chi connectivity index (χ0n) is 17.2. The van der Waals surface area contributed by atoms with E-state index in [9.17, 15) is 14.0 Å². The van der Waals surface area contributed by atoms with Crippen LogP contribution in [0.15, 0.2) is 54.7 Å². The summed E-state index contributed by atoms with van der Waals surface area (Å²) < 4.78 is 13.3. The van der Waals surface area contributed by atoms with Gasteiger partial charge in [-0.25, -0.2) is 4.39 Å². The van der Waals surface area contributed by atoms with Gasteiger partial charge in [-0.2, -0.15) is 0 Å². The molecule has 31 heavy (non-hydrogen) atoms. The lowest BCUT2D eigenvalue weighted by Crippen LogP contribution is -2.34. The molecule has 5 nitrogen and oxygen atoms in total. The third-order valence-electron chi connectivity index (χ3n) is 6.26. The van der Waals surface area contributed by atoms with E-state index in [0.717, 1.165) is 47.8 Å². The van der Waals surface area contributed by atoms with Crippen LogP contribution >= 0.6 is 0 Å². The molecular formula is C25H24FN3O2. The number of nitrogens with zero attached hydrogens (tertiary/aromatic N) is 1. The number of benzene rings is 2. The fourth-order valence-corrected chi connectivity index (χ4v) is 4.63. The SMILES string of the molecule is O=C(NC1CCCC1)C1=CN(C(=O)c2ccc(F)cc2)CCc2c1[nH]c1ccccc21. The second-order valence-corrected chi connectivity index (χ2v) is 8.28. The summed E-state index contributed by atoms with van der Waals surface area (Å²) >= 11 is 0. The molecule has 0 bridgehead atoms. The van der Waals surface area contributed by atoms with Crippen LogP contribution in [0.3, 0.4) is 0 Å². The number of halogens is 1. The molecule has 1 fully saturated rings. The van der Waals surface area contributed by atoms with Gasteiger partial charge in [-0.1, -0.05) is 31.0 Å². The number of rotatable bonds is 3. The van der Waals surface area contributed by atoms with Gasteiger partial charge in [-0.15, -0.1) is 0 Å². The predicted octanol–water partition coefficient (Wildman–Crippen LogP) is 4.41. The van der Waals surface area contributed by atoms with E-state index < -0.39 is 0 Å². The summed E-state index contributed by atoms with van der Waals surface area (Å²) in [6, 6.07) is 13.6. The van der Waals surface area contributed by atoms with E-state index in [0.29, 0.717) is 24.1 Å². The van der Waals surface area contributed by atoms with Crippen LogP contribution in [0.2, 0.25) is 0 Å². The van der Waals surface area contributed by atoms with Crippen LogP contribution in [0.4, 0.5) is 4.39 Å². The number of aromatic nitrogens is 1. The molecule has 0 radical (unpaired) electrons. The van der Waals surface area contributed by atoms with Crippen molar-refractivity contribution in [2.75, 3.05) is 6.54 Å². The van der Waals surface area contributed by atoms with E-state index in [1.165, 1.54) is 24.3 Å². The first-order valence-electron chi connectivity index (χ1n) is 10.8. The minimum Gasteiger partial charge on any atom is -0.354 e. The first-order chi connectivity index (χ1) is 15.1. The van der Waals surface area contributed by atoms with Gasteiger partial charge in [0.05, 0.1) is 11.3 Å². The van der Waals surface area contributed by atoms with Gasteiger partial charge < -0.3 is 15.2 Å². The van der Waals surface area contributed by atoms with Gasteiger partial charge in [0, 0.05) is 35.3 Å². The molecule has 2 N–H and O–H groups in total. The highest BCUT2D eigenvalue weighted by Crippen LogP contribution is 2.31. The van der Waals surface area contributed by atoms with E-state index in [1.807, 2.05) is 24.3 Å². The normalized spacial score (nSPS) is 16.7. The number of amides is 2. The van der Waals surface area contributed by atoms with E-state index in [1.54, 1.807) is 11.1 Å². The molecule has 1 aromatic heterocycles. The smallest absolute Gasteiger partial charge is 0.257 e. The van der Waals surface area contributed by atoms with Crippen molar-refractivity contribution in [2.24, 2.45) is 0 Å². The number of para-hydroxylation sites is 1. The van der Waals surface area contributed by atoms with Crippen molar-refractivity contribution in [2.45, 2.75) is 38.1 Å². The summed E-state index contributed by atoms with van der Waals surface area (Å²) in [4.78, 5) is 31.4. The van der Waals surface area contributed by atoms with Gasteiger partial charge in [0.25, 0.3) is 11.8 Å². The molecule has 2 heterocycles. The number of hydrogen-bond donors (Lipinski definition) is 2. The monoisotopic (exact) mass is 417 g/mol. The van der Waals surface area contributed by atoms with Crippen molar-refractivity contribution >= 4 is 28.3 Å². The minimum absolute atomic E-state index is 0.168. The molecule has 0 spiro atoms. The highest BCUT2D eigenvalue weighted by atomic mass is 19.1. The number of H-pyrrole nitrogens is 1. The second-order valence-electron chi connectivity index (χ2n) is 8.28. The maximum absolute atomic E-state index is 13.3. The van der Waals surface area contributed by atoms with Gasteiger partial charge in [0.15, 0.2) is 0 Å². The lowest BCUT2D eigenvalue weighted by Gasteiger charge is -2.19. The van der Waals surface area contributed by atoms with Crippen LogP contribution in [-0.2, 0) is 11.2 Å². The minimum atomic E-state index is -0.388. The highest BCUT2D eigenvalue weighted by molar-refractivity contribution is 6.21. The number of fused-ring (bicyclic) bond motifs is 3. The van der Waals surface area contributed by atoms with Gasteiger partial charge in [-0.05, 0) is 55.2 Å². The Kier molecular flexibility index (Phi) is 5.06. The van der Waals surface area contributed by atoms with Crippen molar-refractivity contribution in [1.82, 2.24) is 15.2 Å². The van der Waals surface area contributed by atoms with Crippen molar-refractivity contribution in [3.05, 3.63) is 77.4 Å². The second kappa shape index (κ2) is 8.02. The molecule has 0 saturated heterocycles. The lowest BCUT2D eigenvalue weighted by molar-refractivity contribution is -0.116. The molecule has 2 amide bonds. The molecule has 1 saturated carbocycles. The largest absolute Gasteiger partial charge is 0.354 e. The van der Waals surface area contributed by atoms with Crippen LogP contribution < -0.4 is 5.32 Å². The average molecular weight is 417 g/mol. The third-order valence-corrected chi connectivity index (χ3v) is 6.26. The molecule has 2 aliphatic rings. The van der Waals surface area contributed by atoms with Crippen molar-refractivity contribution in [1.29, 1.82) is 0 Å². The van der Waals surface area contributed by atoms with Crippen LogP contribution in [0.25, 0.3) is 16.5 Å². The Labute approximate surface area is 179 Å². The maximum Gasteiger partial charge on any atom is 0.257 e. The Balaban J connectivity index is 1.54. The molecule has 5 rings (SSSR count). The summed E-state index contributed by atoms with van der Waals surface area (Å²) in [5.41, 5.74) is 3.64. The van der Waals surface area contributed by atoms with Crippen molar-refractivity contribution in [3.8, 4) is 0 Å². The number of carbonyl (C=O) groups excluding carboxylic acids is 2. The Morgan fingerprint density at radius 2 is 1.77 bits per heavy atom. The highest BCUT2D eigenvalue weighted by Gasteiger charge is 2.28. The molecule has 1 aliphatic heterocycles. The Hall–Kier alpha value is -3.41. The van der Waals surface area contributed by atoms with Crippen LogP contribution in [0, 0.1) is 5.82 Å². The summed E-state index contributed by atoms with van der Waals surface area (Å²) in [6.45, 7) is 0.436. The molecule has 3 aromatic rings. The summed E-state index contributed by atoms with van der Waals surface area (Å²) in [5.74, 6) is -0.805. The first kappa shape index (κ1) is 19.5. The third kappa shape index (κ3) is 3.74. The van der Waals surface area contributed by atoms with Crippen molar-refractivity contribution < 1.29 is 14.0 Å². The van der Waals surface area contributed by atoms with E-state index >= 15 is 0 Å². The van der Waals surface area contributed by atoms with Gasteiger partial charge in [-0.3, -0.25) is 9.59 Å². The topological polar surface area (TPSA) is 65.2 Å². The summed E-state index contributed by atoms with van der Waals surface area (Å²) in [6.07, 6.45) is 6.47. The molecule has 0 unspecified atom stereocenters. The standard InChI is InChI=1S/C25H24FN3O2/c26-17-11-9-16(10-12-17)25(31)29-14-13-20-19-7-3-4-8-22(19)28-23(20)21(15-29)24(30)27-18-5-1-2-6-18/h3-4,7-12,15,18,28H,1-2,5-6,13-14H2,(H,27,30). The Morgan fingerprint density at radius 1 is 1.03 bits per heavy atom. The fraction of sp³-hybridized carbons (Fsp3) is 0.280. The number of nitrogens with one attached hydrogen (secondary N) is 2. The molecule has 6 heteroatoms. The Bertz CT molecular complexity index is 1170. The average Bonchev–Trinajstić information content (AvgIpc) is 3.37. The molecular weight excluding hydrogens is 393 g/mol. The van der Waals surface area contributed by atoms with Gasteiger partial charge in [0.1, 0.15) is 5.82 Å². The van der Waals surface area contributed by atoms with E-state index in [-0.39, 0.29) is 23.7 Å². The maximum atomic E-state index is 13.3. The Morgan fingerprint density at radius 3 is 2.55 bits per heavy atom. The van der Waals surface area contributed by atoms with E-state index in [2.05, 4.69) is 10.3 Å².